The van der Waals surface area contributed by atoms with Crippen molar-refractivity contribution in [3.63, 3.8) is 0 Å². The minimum absolute atomic E-state index is 0.347. The van der Waals surface area contributed by atoms with Gasteiger partial charge in [-0.1, -0.05) is 18.2 Å². The molecule has 0 atom stereocenters. The van der Waals surface area contributed by atoms with Gasteiger partial charge in [0.2, 0.25) is 5.01 Å². The highest BCUT2D eigenvalue weighted by Gasteiger charge is 2.12. The van der Waals surface area contributed by atoms with Crippen LogP contribution in [0.2, 0.25) is 0 Å². The third kappa shape index (κ3) is 2.48. The molecule has 0 spiro atoms. The number of thiazole rings is 1. The fourth-order valence-electron chi connectivity index (χ4n) is 1.77. The summed E-state index contributed by atoms with van der Waals surface area (Å²) in [5.41, 5.74) is 0.760. The van der Waals surface area contributed by atoms with Crippen molar-refractivity contribution in [1.82, 2.24) is 4.98 Å². The minimum atomic E-state index is -0.420. The number of hydrogen-bond acceptors (Lipinski definition) is 5. The summed E-state index contributed by atoms with van der Waals surface area (Å²) in [4.78, 5) is 15.7. The van der Waals surface area contributed by atoms with Crippen molar-refractivity contribution in [2.75, 3.05) is 7.11 Å². The third-order valence-corrected chi connectivity index (χ3v) is 3.70. The number of carbonyl (C=O) groups is 1. The standard InChI is InChI=1S/C15H11NO3S/c1-18-15(17)14-16-12-8-7-11(9-13(12)20-14)19-10-5-3-2-4-6-10/h2-9H,1H3. The molecule has 4 nitrogen and oxygen atoms in total. The molecule has 3 rings (SSSR count). The van der Waals surface area contributed by atoms with Crippen LogP contribution in [-0.4, -0.2) is 18.1 Å². The van der Waals surface area contributed by atoms with Crippen LogP contribution < -0.4 is 4.74 Å². The summed E-state index contributed by atoms with van der Waals surface area (Å²) < 4.78 is 11.3. The molecule has 0 saturated heterocycles. The first-order valence-corrected chi connectivity index (χ1v) is 6.80. The van der Waals surface area contributed by atoms with E-state index in [1.165, 1.54) is 18.4 Å². The Hall–Kier alpha value is -2.40. The van der Waals surface area contributed by atoms with E-state index in [1.54, 1.807) is 0 Å². The van der Waals surface area contributed by atoms with Crippen LogP contribution in [0.5, 0.6) is 11.5 Å². The van der Waals surface area contributed by atoms with Gasteiger partial charge in [0.1, 0.15) is 11.5 Å². The van der Waals surface area contributed by atoms with Gasteiger partial charge in [0.05, 0.1) is 17.3 Å². The fourth-order valence-corrected chi connectivity index (χ4v) is 2.68. The van der Waals surface area contributed by atoms with Gasteiger partial charge in [0.25, 0.3) is 0 Å². The Morgan fingerprint density at radius 3 is 2.65 bits per heavy atom. The molecule has 0 aliphatic heterocycles. The predicted octanol–water partition coefficient (Wildman–Crippen LogP) is 3.88. The first-order valence-electron chi connectivity index (χ1n) is 5.98. The summed E-state index contributed by atoms with van der Waals surface area (Å²) in [5.74, 6) is 1.06. The fraction of sp³-hybridized carbons (Fsp3) is 0.0667. The number of benzene rings is 2. The average molecular weight is 285 g/mol. The molecular weight excluding hydrogens is 274 g/mol. The average Bonchev–Trinajstić information content (AvgIpc) is 2.90. The molecule has 0 amide bonds. The zero-order chi connectivity index (χ0) is 13.9. The highest BCUT2D eigenvalue weighted by atomic mass is 32.1. The molecule has 0 aliphatic carbocycles. The van der Waals surface area contributed by atoms with Gasteiger partial charge >= 0.3 is 5.97 Å². The zero-order valence-electron chi connectivity index (χ0n) is 10.7. The Balaban J connectivity index is 1.92. The normalized spacial score (nSPS) is 10.4. The van der Waals surface area contributed by atoms with Gasteiger partial charge in [-0.25, -0.2) is 9.78 Å². The Labute approximate surface area is 119 Å². The molecule has 1 heterocycles. The van der Waals surface area contributed by atoms with Crippen LogP contribution in [0.3, 0.4) is 0 Å². The van der Waals surface area contributed by atoms with E-state index in [9.17, 15) is 4.79 Å². The van der Waals surface area contributed by atoms with E-state index in [2.05, 4.69) is 9.72 Å². The molecule has 0 radical (unpaired) electrons. The maximum Gasteiger partial charge on any atom is 0.367 e. The van der Waals surface area contributed by atoms with Crippen molar-refractivity contribution in [3.05, 3.63) is 53.5 Å². The van der Waals surface area contributed by atoms with E-state index < -0.39 is 5.97 Å². The van der Waals surface area contributed by atoms with Crippen LogP contribution >= 0.6 is 11.3 Å². The van der Waals surface area contributed by atoms with Crippen LogP contribution in [-0.2, 0) is 4.74 Å². The molecular formula is C15H11NO3S. The van der Waals surface area contributed by atoms with Gasteiger partial charge in [-0.05, 0) is 24.3 Å². The Morgan fingerprint density at radius 2 is 1.90 bits per heavy atom. The van der Waals surface area contributed by atoms with Crippen molar-refractivity contribution in [3.8, 4) is 11.5 Å². The number of nitrogens with zero attached hydrogens (tertiary/aromatic N) is 1. The maximum atomic E-state index is 11.5. The van der Waals surface area contributed by atoms with Gasteiger partial charge in [0.15, 0.2) is 0 Å². The summed E-state index contributed by atoms with van der Waals surface area (Å²) in [6.45, 7) is 0. The molecule has 1 aromatic heterocycles. The van der Waals surface area contributed by atoms with Crippen LogP contribution in [0.25, 0.3) is 10.2 Å². The summed E-state index contributed by atoms with van der Waals surface area (Å²) in [5, 5.41) is 0.347. The van der Waals surface area contributed by atoms with E-state index in [0.29, 0.717) is 10.8 Å². The number of rotatable bonds is 3. The smallest absolute Gasteiger partial charge is 0.367 e. The molecule has 0 saturated carbocycles. The van der Waals surface area contributed by atoms with Crippen molar-refractivity contribution >= 4 is 27.5 Å². The highest BCUT2D eigenvalue weighted by Crippen LogP contribution is 2.29. The molecule has 5 heteroatoms. The number of carbonyl (C=O) groups excluding carboxylic acids is 1. The van der Waals surface area contributed by atoms with Gasteiger partial charge in [-0.3, -0.25) is 0 Å². The topological polar surface area (TPSA) is 48.4 Å². The van der Waals surface area contributed by atoms with Gasteiger partial charge in [0, 0.05) is 6.07 Å². The molecule has 0 bridgehead atoms. The molecule has 0 aliphatic rings. The molecule has 20 heavy (non-hydrogen) atoms. The van der Waals surface area contributed by atoms with E-state index >= 15 is 0 Å². The second-order valence-electron chi connectivity index (χ2n) is 4.06. The van der Waals surface area contributed by atoms with Crippen molar-refractivity contribution in [2.24, 2.45) is 0 Å². The molecule has 0 N–H and O–H groups in total. The van der Waals surface area contributed by atoms with E-state index in [4.69, 9.17) is 4.74 Å². The second-order valence-corrected chi connectivity index (χ2v) is 5.09. The SMILES string of the molecule is COC(=O)c1nc2ccc(Oc3ccccc3)cc2s1. The van der Waals surface area contributed by atoms with Crippen LogP contribution in [0.15, 0.2) is 48.5 Å². The van der Waals surface area contributed by atoms with E-state index in [-0.39, 0.29) is 0 Å². The molecule has 0 unspecified atom stereocenters. The van der Waals surface area contributed by atoms with Crippen LogP contribution in [0.4, 0.5) is 0 Å². The number of para-hydroxylation sites is 1. The van der Waals surface area contributed by atoms with Gasteiger partial charge in [-0.2, -0.15) is 0 Å². The van der Waals surface area contributed by atoms with Crippen LogP contribution in [0, 0.1) is 0 Å². The lowest BCUT2D eigenvalue weighted by Gasteiger charge is -2.04. The van der Waals surface area contributed by atoms with Crippen molar-refractivity contribution in [2.45, 2.75) is 0 Å². The lowest BCUT2D eigenvalue weighted by Crippen LogP contribution is -1.99. The summed E-state index contributed by atoms with van der Waals surface area (Å²) in [7, 11) is 1.35. The van der Waals surface area contributed by atoms with E-state index in [1.807, 2.05) is 48.5 Å². The lowest BCUT2D eigenvalue weighted by molar-refractivity contribution is 0.0600. The number of hydrogen-bond donors (Lipinski definition) is 0. The predicted molar refractivity (Wildman–Crippen MR) is 77.5 cm³/mol. The summed E-state index contributed by atoms with van der Waals surface area (Å²) in [6.07, 6.45) is 0. The molecule has 3 aromatic rings. The highest BCUT2D eigenvalue weighted by molar-refractivity contribution is 7.20. The number of ether oxygens (including phenoxy) is 2. The first-order chi connectivity index (χ1) is 9.76. The number of esters is 1. The number of aromatic nitrogens is 1. The maximum absolute atomic E-state index is 11.5. The summed E-state index contributed by atoms with van der Waals surface area (Å²) >= 11 is 1.29. The van der Waals surface area contributed by atoms with Gasteiger partial charge < -0.3 is 9.47 Å². The van der Waals surface area contributed by atoms with Crippen LogP contribution in [0.1, 0.15) is 9.80 Å². The number of methoxy groups -OCH3 is 1. The molecule has 100 valence electrons. The Bertz CT molecular complexity index is 752. The van der Waals surface area contributed by atoms with E-state index in [0.717, 1.165) is 16.0 Å². The summed E-state index contributed by atoms with van der Waals surface area (Å²) in [6, 6.07) is 15.1. The second kappa shape index (κ2) is 5.30. The minimum Gasteiger partial charge on any atom is -0.464 e. The molecule has 0 fully saturated rings. The molecule has 2 aromatic carbocycles. The zero-order valence-corrected chi connectivity index (χ0v) is 11.5. The monoisotopic (exact) mass is 285 g/mol. The Morgan fingerprint density at radius 1 is 1.10 bits per heavy atom. The Kier molecular flexibility index (Phi) is 3.35. The van der Waals surface area contributed by atoms with Crippen molar-refractivity contribution < 1.29 is 14.3 Å². The lowest BCUT2D eigenvalue weighted by atomic mass is 10.3. The third-order valence-electron chi connectivity index (χ3n) is 2.70. The van der Waals surface area contributed by atoms with Crippen molar-refractivity contribution in [1.29, 1.82) is 0 Å². The number of fused-ring (bicyclic) bond motifs is 1. The van der Waals surface area contributed by atoms with Gasteiger partial charge in [-0.15, -0.1) is 11.3 Å². The largest absolute Gasteiger partial charge is 0.464 e. The quantitative estimate of drug-likeness (QED) is 0.685. The first kappa shape index (κ1) is 12.6.